The van der Waals surface area contributed by atoms with Gasteiger partial charge in [0.25, 0.3) is 0 Å². The summed E-state index contributed by atoms with van der Waals surface area (Å²) in [5.74, 6) is -1.25. The first-order chi connectivity index (χ1) is 13.0. The molecule has 3 rings (SSSR count). The molecule has 0 saturated carbocycles. The van der Waals surface area contributed by atoms with Crippen molar-refractivity contribution in [3.8, 4) is 0 Å². The van der Waals surface area contributed by atoms with Crippen molar-refractivity contribution in [3.63, 3.8) is 0 Å². The van der Waals surface area contributed by atoms with Gasteiger partial charge in [0.2, 0.25) is 0 Å². The van der Waals surface area contributed by atoms with Gasteiger partial charge in [-0.1, -0.05) is 54.6 Å². The lowest BCUT2D eigenvalue weighted by molar-refractivity contribution is -0.134. The highest BCUT2D eigenvalue weighted by Gasteiger charge is 2.23. The lowest BCUT2D eigenvalue weighted by Gasteiger charge is -2.22. The Kier molecular flexibility index (Phi) is 5.67. The molecule has 0 saturated heterocycles. The van der Waals surface area contributed by atoms with Gasteiger partial charge in [0, 0.05) is 11.4 Å². The topological polar surface area (TPSA) is 49.4 Å². The quantitative estimate of drug-likeness (QED) is 0.699. The fourth-order valence-corrected chi connectivity index (χ4v) is 3.01. The number of anilines is 2. The van der Waals surface area contributed by atoms with Crippen LogP contribution in [0.2, 0.25) is 0 Å². The molecule has 0 heterocycles. The predicted molar refractivity (Wildman–Crippen MR) is 109 cm³/mol. The average Bonchev–Trinajstić information content (AvgIpc) is 2.66. The minimum atomic E-state index is -0.653. The number of hydrogen-bond donors (Lipinski definition) is 1. The Hall–Kier alpha value is -3.40. The molecule has 0 aliphatic rings. The van der Waals surface area contributed by atoms with Crippen LogP contribution in [0, 0.1) is 13.8 Å². The first kappa shape index (κ1) is 18.4. The van der Waals surface area contributed by atoms with Gasteiger partial charge < -0.3 is 5.32 Å². The fourth-order valence-electron chi connectivity index (χ4n) is 3.01. The Bertz CT molecular complexity index is 917. The number of nitrogens with one attached hydrogen (secondary N) is 1. The number of carbonyl (C=O) groups excluding carboxylic acids is 2. The minimum absolute atomic E-state index is 0.323. The standard InChI is InChI=1S/C23H22N2O2/c1-17-13-18(2)15-20(14-17)24-22(26)23(27)25(21-11-7-4-8-12-21)16-19-9-5-3-6-10-19/h3-15H,16H2,1-2H3,(H,24,26). The summed E-state index contributed by atoms with van der Waals surface area (Å²) in [5.41, 5.74) is 4.32. The number of rotatable bonds is 4. The highest BCUT2D eigenvalue weighted by Crippen LogP contribution is 2.19. The van der Waals surface area contributed by atoms with Crippen molar-refractivity contribution in [1.29, 1.82) is 0 Å². The lowest BCUT2D eigenvalue weighted by Crippen LogP contribution is -2.39. The van der Waals surface area contributed by atoms with Crippen molar-refractivity contribution >= 4 is 23.2 Å². The highest BCUT2D eigenvalue weighted by atomic mass is 16.2. The summed E-state index contributed by atoms with van der Waals surface area (Å²) in [6, 6.07) is 24.6. The molecule has 4 nitrogen and oxygen atoms in total. The van der Waals surface area contributed by atoms with E-state index in [0.717, 1.165) is 16.7 Å². The zero-order chi connectivity index (χ0) is 19.2. The molecule has 3 aromatic rings. The van der Waals surface area contributed by atoms with Crippen LogP contribution in [0.4, 0.5) is 11.4 Å². The normalized spacial score (nSPS) is 10.3. The number of aryl methyl sites for hydroxylation is 2. The van der Waals surface area contributed by atoms with E-state index in [1.165, 1.54) is 4.90 Å². The van der Waals surface area contributed by atoms with Gasteiger partial charge in [-0.25, -0.2) is 0 Å². The lowest BCUT2D eigenvalue weighted by atomic mass is 10.1. The largest absolute Gasteiger partial charge is 0.318 e. The van der Waals surface area contributed by atoms with Crippen LogP contribution in [0.25, 0.3) is 0 Å². The molecule has 0 aliphatic carbocycles. The van der Waals surface area contributed by atoms with Crippen LogP contribution < -0.4 is 10.2 Å². The Balaban J connectivity index is 1.84. The number of carbonyl (C=O) groups is 2. The van der Waals surface area contributed by atoms with E-state index in [4.69, 9.17) is 0 Å². The number of para-hydroxylation sites is 1. The SMILES string of the molecule is Cc1cc(C)cc(NC(=O)C(=O)N(Cc2ccccc2)c2ccccc2)c1. The zero-order valence-electron chi connectivity index (χ0n) is 15.5. The maximum atomic E-state index is 12.9. The molecular formula is C23H22N2O2. The molecule has 27 heavy (non-hydrogen) atoms. The molecular weight excluding hydrogens is 336 g/mol. The molecule has 0 atom stereocenters. The molecule has 2 amide bonds. The van der Waals surface area contributed by atoms with Gasteiger partial charge in [-0.3, -0.25) is 14.5 Å². The Morgan fingerprint density at radius 1 is 0.815 bits per heavy atom. The number of nitrogens with zero attached hydrogens (tertiary/aromatic N) is 1. The van der Waals surface area contributed by atoms with Gasteiger partial charge in [-0.15, -0.1) is 0 Å². The van der Waals surface area contributed by atoms with Crippen LogP contribution in [0.15, 0.2) is 78.9 Å². The fraction of sp³-hybridized carbons (Fsp3) is 0.130. The van der Waals surface area contributed by atoms with Crippen LogP contribution >= 0.6 is 0 Å². The van der Waals surface area contributed by atoms with Crippen molar-refractivity contribution in [2.45, 2.75) is 20.4 Å². The van der Waals surface area contributed by atoms with Crippen molar-refractivity contribution < 1.29 is 9.59 Å². The summed E-state index contributed by atoms with van der Waals surface area (Å²) in [6.45, 7) is 4.23. The van der Waals surface area contributed by atoms with E-state index >= 15 is 0 Å². The summed E-state index contributed by atoms with van der Waals surface area (Å²) in [5, 5.41) is 2.73. The molecule has 0 unspecified atom stereocenters. The molecule has 0 aromatic heterocycles. The van der Waals surface area contributed by atoms with Crippen molar-refractivity contribution in [1.82, 2.24) is 0 Å². The van der Waals surface area contributed by atoms with E-state index in [2.05, 4.69) is 5.32 Å². The van der Waals surface area contributed by atoms with E-state index in [-0.39, 0.29) is 0 Å². The molecule has 0 radical (unpaired) electrons. The third kappa shape index (κ3) is 4.82. The van der Waals surface area contributed by atoms with Gasteiger partial charge in [-0.2, -0.15) is 0 Å². The van der Waals surface area contributed by atoms with Gasteiger partial charge in [0.15, 0.2) is 0 Å². The van der Waals surface area contributed by atoms with Gasteiger partial charge in [0.1, 0.15) is 0 Å². The van der Waals surface area contributed by atoms with E-state index < -0.39 is 11.8 Å². The van der Waals surface area contributed by atoms with Crippen LogP contribution in [0.1, 0.15) is 16.7 Å². The third-order valence-corrected chi connectivity index (χ3v) is 4.17. The molecule has 0 bridgehead atoms. The summed E-state index contributed by atoms with van der Waals surface area (Å²) in [4.78, 5) is 27.1. The summed E-state index contributed by atoms with van der Waals surface area (Å²) < 4.78 is 0. The molecule has 3 aromatic carbocycles. The van der Waals surface area contributed by atoms with Crippen molar-refractivity contribution in [2.75, 3.05) is 10.2 Å². The van der Waals surface area contributed by atoms with Crippen LogP contribution in [-0.4, -0.2) is 11.8 Å². The molecule has 1 N–H and O–H groups in total. The third-order valence-electron chi connectivity index (χ3n) is 4.17. The number of amides is 2. The summed E-state index contributed by atoms with van der Waals surface area (Å²) in [6.07, 6.45) is 0. The minimum Gasteiger partial charge on any atom is -0.318 e. The van der Waals surface area contributed by atoms with Crippen LogP contribution in [-0.2, 0) is 16.1 Å². The second-order valence-electron chi connectivity index (χ2n) is 6.54. The molecule has 0 aliphatic heterocycles. The predicted octanol–water partition coefficient (Wildman–Crippen LogP) is 4.48. The van der Waals surface area contributed by atoms with Gasteiger partial charge in [0.05, 0.1) is 6.54 Å². The van der Waals surface area contributed by atoms with E-state index in [0.29, 0.717) is 17.9 Å². The monoisotopic (exact) mass is 358 g/mol. The average molecular weight is 358 g/mol. The molecule has 0 spiro atoms. The first-order valence-corrected chi connectivity index (χ1v) is 8.83. The first-order valence-electron chi connectivity index (χ1n) is 8.83. The van der Waals surface area contributed by atoms with Gasteiger partial charge >= 0.3 is 11.8 Å². The maximum Gasteiger partial charge on any atom is 0.316 e. The number of benzene rings is 3. The Morgan fingerprint density at radius 2 is 1.37 bits per heavy atom. The molecule has 0 fully saturated rings. The molecule has 136 valence electrons. The Labute approximate surface area is 159 Å². The second-order valence-corrected chi connectivity index (χ2v) is 6.54. The van der Waals surface area contributed by atoms with Crippen molar-refractivity contribution in [2.24, 2.45) is 0 Å². The summed E-state index contributed by atoms with van der Waals surface area (Å²) >= 11 is 0. The number of hydrogen-bond acceptors (Lipinski definition) is 2. The van der Waals surface area contributed by atoms with Crippen LogP contribution in [0.5, 0.6) is 0 Å². The van der Waals surface area contributed by atoms with E-state index in [9.17, 15) is 9.59 Å². The Morgan fingerprint density at radius 3 is 1.96 bits per heavy atom. The van der Waals surface area contributed by atoms with Gasteiger partial charge in [-0.05, 0) is 54.8 Å². The smallest absolute Gasteiger partial charge is 0.316 e. The highest BCUT2D eigenvalue weighted by molar-refractivity contribution is 6.44. The van der Waals surface area contributed by atoms with Crippen LogP contribution in [0.3, 0.4) is 0 Å². The van der Waals surface area contributed by atoms with E-state index in [1.54, 1.807) is 0 Å². The second kappa shape index (κ2) is 8.32. The summed E-state index contributed by atoms with van der Waals surface area (Å²) in [7, 11) is 0. The zero-order valence-corrected chi connectivity index (χ0v) is 15.5. The van der Waals surface area contributed by atoms with E-state index in [1.807, 2.05) is 92.7 Å². The maximum absolute atomic E-state index is 12.9. The molecule has 4 heteroatoms. The van der Waals surface area contributed by atoms with Crippen molar-refractivity contribution in [3.05, 3.63) is 95.6 Å².